The molecule has 0 saturated carbocycles. The summed E-state index contributed by atoms with van der Waals surface area (Å²) < 4.78 is 4.86. The maximum absolute atomic E-state index is 4.86. The van der Waals surface area contributed by atoms with E-state index in [4.69, 9.17) is 4.74 Å². The van der Waals surface area contributed by atoms with E-state index >= 15 is 0 Å². The third kappa shape index (κ3) is 1.51. The Balaban J connectivity index is 2.98. The van der Waals surface area contributed by atoms with Crippen molar-refractivity contribution in [2.24, 2.45) is 0 Å². The zero-order valence-corrected chi connectivity index (χ0v) is 6.31. The van der Waals surface area contributed by atoms with Crippen LogP contribution in [0.15, 0.2) is 18.2 Å². The van der Waals surface area contributed by atoms with E-state index in [9.17, 15) is 0 Å². The fourth-order valence-electron chi connectivity index (χ4n) is 0.585. The van der Waals surface area contributed by atoms with Crippen molar-refractivity contribution in [2.75, 3.05) is 7.11 Å². The number of hydrogen-bond donors (Lipinski definition) is 0. The second-order valence-corrected chi connectivity index (χ2v) is 1.87. The Hall–Kier alpha value is -0.960. The SMILES string of the molecule is COc1cccc([C]=S)n1. The van der Waals surface area contributed by atoms with Gasteiger partial charge < -0.3 is 4.74 Å². The first-order valence-corrected chi connectivity index (χ1v) is 3.17. The lowest BCUT2D eigenvalue weighted by Crippen LogP contribution is -1.90. The van der Waals surface area contributed by atoms with Crippen LogP contribution in [-0.4, -0.2) is 17.5 Å². The molecule has 1 heterocycles. The van der Waals surface area contributed by atoms with Gasteiger partial charge in [-0.25, -0.2) is 4.98 Å². The van der Waals surface area contributed by atoms with E-state index < -0.39 is 0 Å². The fourth-order valence-corrected chi connectivity index (χ4v) is 0.699. The van der Waals surface area contributed by atoms with E-state index in [1.54, 1.807) is 19.2 Å². The summed E-state index contributed by atoms with van der Waals surface area (Å²) in [6.07, 6.45) is 0. The minimum Gasteiger partial charge on any atom is -0.481 e. The van der Waals surface area contributed by atoms with Crippen LogP contribution in [0.4, 0.5) is 0 Å². The molecule has 0 aliphatic heterocycles. The third-order valence-corrected chi connectivity index (χ3v) is 1.25. The van der Waals surface area contributed by atoms with E-state index in [0.717, 1.165) is 0 Å². The number of rotatable bonds is 2. The lowest BCUT2D eigenvalue weighted by molar-refractivity contribution is 0.398. The second kappa shape index (κ2) is 3.27. The van der Waals surface area contributed by atoms with Gasteiger partial charge in [-0.2, -0.15) is 0 Å². The fraction of sp³-hybridized carbons (Fsp3) is 0.143. The normalized spacial score (nSPS) is 8.90. The molecule has 0 saturated heterocycles. The Morgan fingerprint density at radius 1 is 1.60 bits per heavy atom. The van der Waals surface area contributed by atoms with Gasteiger partial charge in [0.1, 0.15) is 0 Å². The van der Waals surface area contributed by atoms with Crippen LogP contribution in [0.5, 0.6) is 5.88 Å². The highest BCUT2D eigenvalue weighted by Gasteiger charge is 1.91. The van der Waals surface area contributed by atoms with Crippen molar-refractivity contribution in [3.05, 3.63) is 23.9 Å². The Kier molecular flexibility index (Phi) is 2.34. The maximum Gasteiger partial charge on any atom is 0.213 e. The van der Waals surface area contributed by atoms with Gasteiger partial charge in [0.25, 0.3) is 0 Å². The zero-order valence-electron chi connectivity index (χ0n) is 5.50. The molecule has 0 aromatic carbocycles. The van der Waals surface area contributed by atoms with Gasteiger partial charge in [0, 0.05) is 6.07 Å². The molecular formula is C7H6NOS. The molecule has 0 spiro atoms. The van der Waals surface area contributed by atoms with Crippen LogP contribution in [-0.2, 0) is 0 Å². The molecular weight excluding hydrogens is 146 g/mol. The molecule has 0 N–H and O–H groups in total. The molecule has 0 aliphatic carbocycles. The van der Waals surface area contributed by atoms with Gasteiger partial charge in [-0.3, -0.25) is 0 Å². The van der Waals surface area contributed by atoms with Gasteiger partial charge in [-0.1, -0.05) is 18.3 Å². The lowest BCUT2D eigenvalue weighted by Gasteiger charge is -1.96. The summed E-state index contributed by atoms with van der Waals surface area (Å²) in [6, 6.07) is 5.35. The summed E-state index contributed by atoms with van der Waals surface area (Å²) in [5.41, 5.74) is 0.634. The minimum atomic E-state index is 0.565. The van der Waals surface area contributed by atoms with Crippen molar-refractivity contribution in [1.82, 2.24) is 4.98 Å². The number of hydrogen-bond acceptors (Lipinski definition) is 3. The van der Waals surface area contributed by atoms with Crippen molar-refractivity contribution in [1.29, 1.82) is 0 Å². The Morgan fingerprint density at radius 2 is 2.40 bits per heavy atom. The molecule has 1 aromatic heterocycles. The Bertz CT molecular complexity index is 237. The van der Waals surface area contributed by atoms with Crippen molar-refractivity contribution in [2.45, 2.75) is 0 Å². The average molecular weight is 152 g/mol. The first-order valence-electron chi connectivity index (χ1n) is 2.76. The molecule has 0 aliphatic rings. The molecule has 0 unspecified atom stereocenters. The number of thiocarbonyl (C=S) groups is 1. The van der Waals surface area contributed by atoms with Crippen LogP contribution in [0.25, 0.3) is 0 Å². The molecule has 1 rings (SSSR count). The van der Waals surface area contributed by atoms with E-state index in [-0.39, 0.29) is 0 Å². The highest BCUT2D eigenvalue weighted by molar-refractivity contribution is 7.79. The highest BCUT2D eigenvalue weighted by atomic mass is 32.1. The summed E-state index contributed by atoms with van der Waals surface area (Å²) in [5, 5.41) is 2.49. The third-order valence-electron chi connectivity index (χ3n) is 1.04. The van der Waals surface area contributed by atoms with Gasteiger partial charge in [-0.15, -0.1) is 0 Å². The molecule has 3 heteroatoms. The summed E-state index contributed by atoms with van der Waals surface area (Å²) in [7, 11) is 1.56. The van der Waals surface area contributed by atoms with Crippen LogP contribution < -0.4 is 4.74 Å². The molecule has 0 bridgehead atoms. The molecule has 0 amide bonds. The molecule has 2 nitrogen and oxygen atoms in total. The van der Waals surface area contributed by atoms with E-state index in [2.05, 4.69) is 22.6 Å². The summed E-state index contributed by atoms with van der Waals surface area (Å²) in [4.78, 5) is 3.97. The first-order chi connectivity index (χ1) is 4.86. The standard InChI is InChI=1S/C7H6NOS/c1-9-7-4-2-3-6(5-10)8-7/h2-4H,1H3. The van der Waals surface area contributed by atoms with E-state index in [1.807, 2.05) is 6.07 Å². The largest absolute Gasteiger partial charge is 0.481 e. The molecule has 1 radical (unpaired) electrons. The van der Waals surface area contributed by atoms with Crippen LogP contribution in [0.2, 0.25) is 0 Å². The lowest BCUT2D eigenvalue weighted by atomic mass is 10.4. The number of aromatic nitrogens is 1. The molecule has 10 heavy (non-hydrogen) atoms. The molecule has 1 aromatic rings. The number of nitrogens with zero attached hydrogens (tertiary/aromatic N) is 1. The van der Waals surface area contributed by atoms with Crippen molar-refractivity contribution in [3.8, 4) is 5.88 Å². The van der Waals surface area contributed by atoms with E-state index in [1.165, 1.54) is 0 Å². The summed E-state index contributed by atoms with van der Waals surface area (Å²) in [6.45, 7) is 0. The number of ether oxygens (including phenoxy) is 1. The van der Waals surface area contributed by atoms with Crippen molar-refractivity contribution in [3.63, 3.8) is 0 Å². The molecule has 51 valence electrons. The minimum absolute atomic E-state index is 0.565. The maximum atomic E-state index is 4.86. The zero-order chi connectivity index (χ0) is 7.40. The molecule has 0 atom stereocenters. The van der Waals surface area contributed by atoms with Gasteiger partial charge in [-0.05, 0) is 6.07 Å². The quantitative estimate of drug-likeness (QED) is 0.596. The smallest absolute Gasteiger partial charge is 0.213 e. The summed E-state index contributed by atoms with van der Waals surface area (Å²) in [5.74, 6) is 0.565. The van der Waals surface area contributed by atoms with Crippen LogP contribution in [0, 0.1) is 0 Å². The average Bonchev–Trinajstić information content (AvgIpc) is 2.05. The van der Waals surface area contributed by atoms with Gasteiger partial charge in [0.05, 0.1) is 18.2 Å². The van der Waals surface area contributed by atoms with Gasteiger partial charge >= 0.3 is 0 Å². The Morgan fingerprint density at radius 3 is 3.00 bits per heavy atom. The van der Waals surface area contributed by atoms with Crippen LogP contribution in [0.3, 0.4) is 0 Å². The van der Waals surface area contributed by atoms with Crippen LogP contribution >= 0.6 is 12.2 Å². The van der Waals surface area contributed by atoms with Gasteiger partial charge in [0.2, 0.25) is 5.88 Å². The second-order valence-electron chi connectivity index (χ2n) is 1.67. The highest BCUT2D eigenvalue weighted by Crippen LogP contribution is 2.04. The number of methoxy groups -OCH3 is 1. The van der Waals surface area contributed by atoms with Gasteiger partial charge in [0.15, 0.2) is 0 Å². The number of pyridine rings is 1. The van der Waals surface area contributed by atoms with Crippen LogP contribution in [0.1, 0.15) is 5.69 Å². The predicted molar refractivity (Wildman–Crippen MR) is 42.5 cm³/mol. The van der Waals surface area contributed by atoms with Crippen molar-refractivity contribution < 1.29 is 4.74 Å². The predicted octanol–water partition coefficient (Wildman–Crippen LogP) is 1.31. The summed E-state index contributed by atoms with van der Waals surface area (Å²) >= 11 is 4.56. The topological polar surface area (TPSA) is 22.1 Å². The molecule has 0 fully saturated rings. The van der Waals surface area contributed by atoms with Crippen molar-refractivity contribution >= 4 is 17.6 Å². The first kappa shape index (κ1) is 7.15. The monoisotopic (exact) mass is 152 g/mol. The van der Waals surface area contributed by atoms with E-state index in [0.29, 0.717) is 11.6 Å². The Labute approximate surface area is 64.9 Å².